The van der Waals surface area contributed by atoms with Gasteiger partial charge in [-0.25, -0.2) is 13.2 Å². The summed E-state index contributed by atoms with van der Waals surface area (Å²) < 4.78 is 77.1. The number of methoxy groups -OCH3 is 1. The number of urea groups is 1. The minimum Gasteiger partial charge on any atom is -0.497 e. The van der Waals surface area contributed by atoms with Gasteiger partial charge in [-0.2, -0.15) is 17.5 Å². The number of rotatable bonds is 5. The minimum atomic E-state index is -4.51. The van der Waals surface area contributed by atoms with Gasteiger partial charge in [0.1, 0.15) is 11.8 Å². The lowest BCUT2D eigenvalue weighted by atomic mass is 10.1. The monoisotopic (exact) mass is 556 g/mol. The quantitative estimate of drug-likeness (QED) is 0.607. The molecule has 2 saturated heterocycles. The van der Waals surface area contributed by atoms with Crippen LogP contribution in [0, 0.1) is 0 Å². The van der Waals surface area contributed by atoms with Crippen LogP contribution >= 0.6 is 0 Å². The van der Waals surface area contributed by atoms with Crippen LogP contribution in [0.1, 0.15) is 5.56 Å². The molecule has 38 heavy (non-hydrogen) atoms. The number of amides is 3. The molecule has 10 nitrogen and oxygen atoms in total. The summed E-state index contributed by atoms with van der Waals surface area (Å²) in [6.07, 6.45) is -4.51. The molecule has 0 bridgehead atoms. The molecule has 1 N–H and O–H groups in total. The van der Waals surface area contributed by atoms with E-state index in [1.54, 1.807) is 0 Å². The maximum Gasteiger partial charge on any atom is 0.416 e. The number of carbonyl (C=O) groups excluding carboxylic acids is 2. The number of anilines is 1. The van der Waals surface area contributed by atoms with Crippen LogP contribution in [0.2, 0.25) is 0 Å². The van der Waals surface area contributed by atoms with E-state index >= 15 is 0 Å². The van der Waals surface area contributed by atoms with Gasteiger partial charge in [-0.3, -0.25) is 4.79 Å². The van der Waals surface area contributed by atoms with Crippen molar-refractivity contribution in [2.24, 2.45) is 0 Å². The fraction of sp³-hybridized carbons (Fsp3) is 0.417. The van der Waals surface area contributed by atoms with Crippen LogP contribution in [0.5, 0.6) is 5.75 Å². The number of nitrogens with zero attached hydrogens (tertiary/aromatic N) is 3. The van der Waals surface area contributed by atoms with Crippen LogP contribution in [-0.2, 0) is 25.7 Å². The Labute approximate surface area is 217 Å². The highest BCUT2D eigenvalue weighted by Gasteiger charge is 2.43. The number of alkyl halides is 3. The molecule has 2 aliphatic heterocycles. The van der Waals surface area contributed by atoms with Gasteiger partial charge >= 0.3 is 12.2 Å². The molecular formula is C24H27F3N4O6S. The summed E-state index contributed by atoms with van der Waals surface area (Å²) >= 11 is 0. The number of halogens is 3. The third-order valence-electron chi connectivity index (χ3n) is 6.36. The van der Waals surface area contributed by atoms with Crippen molar-refractivity contribution in [3.63, 3.8) is 0 Å². The zero-order chi connectivity index (χ0) is 27.5. The van der Waals surface area contributed by atoms with Crippen molar-refractivity contribution in [3.05, 3.63) is 54.1 Å². The molecule has 2 aliphatic rings. The van der Waals surface area contributed by atoms with Crippen molar-refractivity contribution >= 4 is 27.6 Å². The molecule has 1 atom stereocenters. The van der Waals surface area contributed by atoms with Gasteiger partial charge in [-0.1, -0.05) is 0 Å². The number of benzene rings is 2. The van der Waals surface area contributed by atoms with Gasteiger partial charge in [0.25, 0.3) is 0 Å². The molecule has 4 rings (SSSR count). The molecular weight excluding hydrogens is 529 g/mol. The average Bonchev–Trinajstić information content (AvgIpc) is 2.92. The van der Waals surface area contributed by atoms with E-state index in [2.05, 4.69) is 5.32 Å². The number of hydrogen-bond donors (Lipinski definition) is 1. The number of hydrogen-bond acceptors (Lipinski definition) is 6. The molecule has 2 heterocycles. The smallest absolute Gasteiger partial charge is 0.416 e. The van der Waals surface area contributed by atoms with Gasteiger partial charge < -0.3 is 24.6 Å². The fourth-order valence-electron chi connectivity index (χ4n) is 4.26. The second-order valence-electron chi connectivity index (χ2n) is 8.70. The lowest BCUT2D eigenvalue weighted by molar-refractivity contribution is -0.140. The number of nitrogens with one attached hydrogen (secondary N) is 1. The van der Waals surface area contributed by atoms with E-state index in [4.69, 9.17) is 9.47 Å². The first-order valence-electron chi connectivity index (χ1n) is 11.8. The zero-order valence-electron chi connectivity index (χ0n) is 20.5. The summed E-state index contributed by atoms with van der Waals surface area (Å²) in [5.41, 5.74) is -0.726. The van der Waals surface area contributed by atoms with Crippen molar-refractivity contribution in [1.82, 2.24) is 14.1 Å². The highest BCUT2D eigenvalue weighted by atomic mass is 32.2. The van der Waals surface area contributed by atoms with Crippen LogP contribution in [0.25, 0.3) is 0 Å². The summed E-state index contributed by atoms with van der Waals surface area (Å²) in [6, 6.07) is 7.85. The van der Waals surface area contributed by atoms with Gasteiger partial charge in [-0.05, 0) is 48.5 Å². The Morgan fingerprint density at radius 2 is 1.58 bits per heavy atom. The molecule has 206 valence electrons. The van der Waals surface area contributed by atoms with Gasteiger partial charge in [0.15, 0.2) is 0 Å². The van der Waals surface area contributed by atoms with Crippen molar-refractivity contribution in [2.75, 3.05) is 58.4 Å². The number of piperazine rings is 1. The predicted molar refractivity (Wildman–Crippen MR) is 130 cm³/mol. The van der Waals surface area contributed by atoms with Crippen LogP contribution < -0.4 is 10.1 Å². The standard InChI is InChI=1S/C24H27F3N4O6S/c1-36-19-6-8-20(9-7-19)38(34,35)31-11-10-30(16-21(31)22(32)29-12-14-37-15-13-29)23(33)28-18-4-2-17(3-5-18)24(25,26)27/h2-9,21H,10-16H2,1H3,(H,28,33). The Bertz CT molecular complexity index is 1250. The normalized spacial score (nSPS) is 19.2. The first kappa shape index (κ1) is 27.7. The topological polar surface area (TPSA) is 108 Å². The van der Waals surface area contributed by atoms with Crippen molar-refractivity contribution in [3.8, 4) is 5.75 Å². The Morgan fingerprint density at radius 1 is 0.947 bits per heavy atom. The number of sulfonamides is 1. The average molecular weight is 557 g/mol. The third-order valence-corrected chi connectivity index (χ3v) is 8.28. The van der Waals surface area contributed by atoms with E-state index in [-0.39, 0.29) is 43.3 Å². The summed E-state index contributed by atoms with van der Waals surface area (Å²) in [4.78, 5) is 29.2. The predicted octanol–water partition coefficient (Wildman–Crippen LogP) is 2.48. The molecule has 0 aliphatic carbocycles. The summed E-state index contributed by atoms with van der Waals surface area (Å²) in [5, 5.41) is 2.52. The van der Waals surface area contributed by atoms with E-state index in [1.165, 1.54) is 41.2 Å². The lowest BCUT2D eigenvalue weighted by Crippen LogP contribution is -2.63. The lowest BCUT2D eigenvalue weighted by Gasteiger charge is -2.41. The zero-order valence-corrected chi connectivity index (χ0v) is 21.3. The van der Waals surface area contributed by atoms with E-state index in [0.29, 0.717) is 19.0 Å². The van der Waals surface area contributed by atoms with Crippen molar-refractivity contribution in [2.45, 2.75) is 17.1 Å². The Balaban J connectivity index is 1.55. The number of morpholine rings is 1. The highest BCUT2D eigenvalue weighted by Crippen LogP contribution is 2.30. The molecule has 2 aromatic carbocycles. The number of carbonyl (C=O) groups is 2. The first-order valence-corrected chi connectivity index (χ1v) is 13.2. The molecule has 2 aromatic rings. The molecule has 14 heteroatoms. The van der Waals surface area contributed by atoms with Gasteiger partial charge in [0.05, 0.1) is 30.8 Å². The highest BCUT2D eigenvalue weighted by molar-refractivity contribution is 7.89. The summed E-state index contributed by atoms with van der Waals surface area (Å²) in [7, 11) is -2.66. The summed E-state index contributed by atoms with van der Waals surface area (Å²) in [6.45, 7) is 0.749. The van der Waals surface area contributed by atoms with Crippen molar-refractivity contribution < 1.29 is 40.7 Å². The van der Waals surface area contributed by atoms with Crippen LogP contribution in [0.4, 0.5) is 23.7 Å². The summed E-state index contributed by atoms with van der Waals surface area (Å²) in [5.74, 6) is 0.00654. The van der Waals surface area contributed by atoms with Gasteiger partial charge in [0, 0.05) is 38.4 Å². The second kappa shape index (κ2) is 11.2. The molecule has 1 unspecified atom stereocenters. The Hall–Kier alpha value is -3.36. The van der Waals surface area contributed by atoms with E-state index in [0.717, 1.165) is 28.6 Å². The van der Waals surface area contributed by atoms with Crippen molar-refractivity contribution in [1.29, 1.82) is 0 Å². The molecule has 0 saturated carbocycles. The second-order valence-corrected chi connectivity index (χ2v) is 10.6. The largest absolute Gasteiger partial charge is 0.497 e. The van der Waals surface area contributed by atoms with Crippen LogP contribution in [-0.4, -0.2) is 93.6 Å². The SMILES string of the molecule is COc1ccc(S(=O)(=O)N2CCN(C(=O)Nc3ccc(C(F)(F)F)cc3)CC2C(=O)N2CCOCC2)cc1. The van der Waals surface area contributed by atoms with Gasteiger partial charge in [0.2, 0.25) is 15.9 Å². The first-order chi connectivity index (χ1) is 18.0. The molecule has 0 aromatic heterocycles. The van der Waals surface area contributed by atoms with Gasteiger partial charge in [-0.15, -0.1) is 0 Å². The van der Waals surface area contributed by atoms with E-state index < -0.39 is 39.7 Å². The maximum atomic E-state index is 13.5. The number of ether oxygens (including phenoxy) is 2. The minimum absolute atomic E-state index is 0.0271. The Morgan fingerprint density at radius 3 is 2.16 bits per heavy atom. The molecule has 3 amide bonds. The fourth-order valence-corrected chi connectivity index (χ4v) is 5.83. The van der Waals surface area contributed by atoms with Crippen LogP contribution in [0.15, 0.2) is 53.4 Å². The molecule has 0 radical (unpaired) electrons. The van der Waals surface area contributed by atoms with Crippen LogP contribution in [0.3, 0.4) is 0 Å². The van der Waals surface area contributed by atoms with E-state index in [9.17, 15) is 31.2 Å². The maximum absolute atomic E-state index is 13.5. The molecule has 0 spiro atoms. The third kappa shape index (κ3) is 6.03. The Kier molecular flexibility index (Phi) is 8.13. The molecule has 2 fully saturated rings. The van der Waals surface area contributed by atoms with E-state index in [1.807, 2.05) is 0 Å².